The molecule has 0 atom stereocenters. The SMILES string of the molecule is CCCCB(Cc1ccc(C)cc1)c1ccc(-c2cc(C)cc(-c3ccccc3)c2)cc1. The van der Waals surface area contributed by atoms with Crippen LogP contribution in [0, 0.1) is 13.8 Å². The van der Waals surface area contributed by atoms with Gasteiger partial charge in [-0.1, -0.05) is 134 Å². The average molecular weight is 416 g/mol. The van der Waals surface area contributed by atoms with E-state index in [1.54, 1.807) is 0 Å². The molecule has 0 spiro atoms. The topological polar surface area (TPSA) is 0 Å². The summed E-state index contributed by atoms with van der Waals surface area (Å²) in [6.45, 7) is 7.20. The van der Waals surface area contributed by atoms with Crippen molar-refractivity contribution in [1.29, 1.82) is 0 Å². The Hall–Kier alpha value is -3.06. The standard InChI is InChI=1S/C31H33B/c1-4-5-19-32(23-26-13-11-24(2)12-14-26)31-17-15-28(16-18-31)30-21-25(3)20-29(22-30)27-9-7-6-8-10-27/h6-18,20-22H,4-5,19,23H2,1-3H3. The molecule has 1 heteroatoms. The van der Waals surface area contributed by atoms with Crippen molar-refractivity contribution in [1.82, 2.24) is 0 Å². The second-order valence-electron chi connectivity index (χ2n) is 9.10. The van der Waals surface area contributed by atoms with E-state index in [-0.39, 0.29) is 0 Å². The van der Waals surface area contributed by atoms with Gasteiger partial charge in [-0.25, -0.2) is 0 Å². The van der Waals surface area contributed by atoms with Gasteiger partial charge in [0.2, 0.25) is 0 Å². The Morgan fingerprint density at radius 1 is 0.594 bits per heavy atom. The minimum Gasteiger partial charge on any atom is -0.0797 e. The number of aryl methyl sites for hydroxylation is 2. The summed E-state index contributed by atoms with van der Waals surface area (Å²) in [5.41, 5.74) is 10.7. The highest BCUT2D eigenvalue weighted by atomic mass is 14.1. The van der Waals surface area contributed by atoms with Gasteiger partial charge >= 0.3 is 0 Å². The molecule has 0 nitrogen and oxygen atoms in total. The highest BCUT2D eigenvalue weighted by molar-refractivity contribution is 6.72. The van der Waals surface area contributed by atoms with Crippen LogP contribution in [0.5, 0.6) is 0 Å². The zero-order valence-corrected chi connectivity index (χ0v) is 19.6. The van der Waals surface area contributed by atoms with Crippen LogP contribution in [0.1, 0.15) is 36.5 Å². The third kappa shape index (κ3) is 5.59. The molecule has 32 heavy (non-hydrogen) atoms. The second kappa shape index (κ2) is 10.5. The van der Waals surface area contributed by atoms with Crippen molar-refractivity contribution in [2.75, 3.05) is 0 Å². The molecule has 0 fully saturated rings. The Kier molecular flexibility index (Phi) is 7.27. The largest absolute Gasteiger partial charge is 0.180 e. The summed E-state index contributed by atoms with van der Waals surface area (Å²) in [5.74, 6) is 0. The van der Waals surface area contributed by atoms with Crippen molar-refractivity contribution in [2.24, 2.45) is 0 Å². The Balaban J connectivity index is 1.59. The Morgan fingerprint density at radius 2 is 1.22 bits per heavy atom. The van der Waals surface area contributed by atoms with Crippen LogP contribution in [0.2, 0.25) is 6.32 Å². The van der Waals surface area contributed by atoms with Crippen molar-refractivity contribution in [3.63, 3.8) is 0 Å². The molecule has 0 radical (unpaired) electrons. The van der Waals surface area contributed by atoms with E-state index in [9.17, 15) is 0 Å². The van der Waals surface area contributed by atoms with Gasteiger partial charge in [0.05, 0.1) is 0 Å². The fraction of sp³-hybridized carbons (Fsp3) is 0.226. The lowest BCUT2D eigenvalue weighted by molar-refractivity contribution is 0.873. The van der Waals surface area contributed by atoms with Crippen molar-refractivity contribution >= 4 is 12.2 Å². The predicted octanol–water partition coefficient (Wildman–Crippen LogP) is 7.92. The lowest BCUT2D eigenvalue weighted by atomic mass is 9.39. The zero-order valence-electron chi connectivity index (χ0n) is 19.6. The number of hydrogen-bond acceptors (Lipinski definition) is 0. The van der Waals surface area contributed by atoms with E-state index >= 15 is 0 Å². The monoisotopic (exact) mass is 416 g/mol. The Bertz CT molecular complexity index is 1130. The maximum atomic E-state index is 2.36. The first kappa shape index (κ1) is 22.2. The van der Waals surface area contributed by atoms with Crippen LogP contribution in [0.4, 0.5) is 0 Å². The summed E-state index contributed by atoms with van der Waals surface area (Å²) in [7, 11) is 0. The van der Waals surface area contributed by atoms with Gasteiger partial charge in [0.25, 0.3) is 0 Å². The molecule has 0 aliphatic heterocycles. The number of unbranched alkanes of at least 4 members (excludes halogenated alkanes) is 1. The number of rotatable bonds is 8. The van der Waals surface area contributed by atoms with Crippen molar-refractivity contribution in [3.05, 3.63) is 114 Å². The smallest absolute Gasteiger partial charge is 0.0797 e. The molecule has 0 amide bonds. The summed E-state index contributed by atoms with van der Waals surface area (Å²) in [6.07, 6.45) is 4.87. The van der Waals surface area contributed by atoms with Crippen LogP contribution in [0.15, 0.2) is 97.1 Å². The summed E-state index contributed by atoms with van der Waals surface area (Å²) in [6, 6.07) is 35.9. The molecule has 4 rings (SSSR count). The lowest BCUT2D eigenvalue weighted by Crippen LogP contribution is -2.32. The molecule has 160 valence electrons. The van der Waals surface area contributed by atoms with Gasteiger partial charge in [0.1, 0.15) is 0 Å². The Morgan fingerprint density at radius 3 is 1.84 bits per heavy atom. The van der Waals surface area contributed by atoms with E-state index in [2.05, 4.69) is 118 Å². The fourth-order valence-electron chi connectivity index (χ4n) is 4.54. The average Bonchev–Trinajstić information content (AvgIpc) is 2.83. The van der Waals surface area contributed by atoms with E-state index in [0.717, 1.165) is 6.32 Å². The van der Waals surface area contributed by atoms with Crippen LogP contribution in [-0.2, 0) is 6.32 Å². The normalized spacial score (nSPS) is 10.8. The quantitative estimate of drug-likeness (QED) is 0.256. The van der Waals surface area contributed by atoms with E-state index < -0.39 is 0 Å². The van der Waals surface area contributed by atoms with E-state index in [1.807, 2.05) is 0 Å². The van der Waals surface area contributed by atoms with Crippen LogP contribution in [-0.4, -0.2) is 6.71 Å². The van der Waals surface area contributed by atoms with Gasteiger partial charge in [-0.05, 0) is 54.1 Å². The van der Waals surface area contributed by atoms with Gasteiger partial charge < -0.3 is 0 Å². The minimum atomic E-state index is 0.573. The maximum absolute atomic E-state index is 2.36. The lowest BCUT2D eigenvalue weighted by Gasteiger charge is -2.15. The summed E-state index contributed by atoms with van der Waals surface area (Å²) in [5, 5.41) is 0. The summed E-state index contributed by atoms with van der Waals surface area (Å²) in [4.78, 5) is 0. The summed E-state index contributed by atoms with van der Waals surface area (Å²) < 4.78 is 0. The van der Waals surface area contributed by atoms with Gasteiger partial charge in [0.15, 0.2) is 6.71 Å². The molecular weight excluding hydrogens is 383 g/mol. The van der Waals surface area contributed by atoms with Gasteiger partial charge in [-0.2, -0.15) is 0 Å². The number of benzene rings is 4. The maximum Gasteiger partial charge on any atom is 0.180 e. The minimum absolute atomic E-state index is 0.573. The molecule has 0 heterocycles. The molecule has 0 aromatic heterocycles. The predicted molar refractivity (Wildman–Crippen MR) is 142 cm³/mol. The van der Waals surface area contributed by atoms with Crippen molar-refractivity contribution < 1.29 is 0 Å². The molecular formula is C31H33B. The van der Waals surface area contributed by atoms with Crippen LogP contribution >= 0.6 is 0 Å². The summed E-state index contributed by atoms with van der Waals surface area (Å²) >= 11 is 0. The zero-order chi connectivity index (χ0) is 22.3. The number of hydrogen-bond donors (Lipinski definition) is 0. The molecule has 0 N–H and O–H groups in total. The molecule has 0 unspecified atom stereocenters. The molecule has 0 saturated carbocycles. The third-order valence-electron chi connectivity index (χ3n) is 6.41. The molecule has 4 aromatic carbocycles. The highest BCUT2D eigenvalue weighted by Gasteiger charge is 2.17. The first-order chi connectivity index (χ1) is 15.6. The first-order valence-corrected chi connectivity index (χ1v) is 12.0. The highest BCUT2D eigenvalue weighted by Crippen LogP contribution is 2.28. The van der Waals surface area contributed by atoms with Gasteiger partial charge in [-0.3, -0.25) is 0 Å². The van der Waals surface area contributed by atoms with Gasteiger partial charge in [0, 0.05) is 0 Å². The van der Waals surface area contributed by atoms with Crippen LogP contribution in [0.3, 0.4) is 0 Å². The molecule has 0 aliphatic carbocycles. The van der Waals surface area contributed by atoms with E-state index in [0.29, 0.717) is 6.71 Å². The second-order valence-corrected chi connectivity index (χ2v) is 9.10. The van der Waals surface area contributed by atoms with Crippen LogP contribution in [0.25, 0.3) is 22.3 Å². The third-order valence-corrected chi connectivity index (χ3v) is 6.41. The molecule has 0 bridgehead atoms. The first-order valence-electron chi connectivity index (χ1n) is 12.0. The van der Waals surface area contributed by atoms with Crippen molar-refractivity contribution in [3.8, 4) is 22.3 Å². The Labute approximate surface area is 194 Å². The fourth-order valence-corrected chi connectivity index (χ4v) is 4.54. The van der Waals surface area contributed by atoms with E-state index in [1.165, 1.54) is 63.6 Å². The van der Waals surface area contributed by atoms with Gasteiger partial charge in [-0.15, -0.1) is 0 Å². The molecule has 4 aromatic rings. The van der Waals surface area contributed by atoms with Crippen LogP contribution < -0.4 is 5.46 Å². The van der Waals surface area contributed by atoms with Crippen molar-refractivity contribution in [2.45, 2.75) is 46.3 Å². The molecule has 0 aliphatic rings. The molecule has 0 saturated heterocycles. The van der Waals surface area contributed by atoms with E-state index in [4.69, 9.17) is 0 Å².